The van der Waals surface area contributed by atoms with Crippen molar-refractivity contribution < 1.29 is 17.9 Å². The maximum Gasteiger partial charge on any atom is 0.244 e. The summed E-state index contributed by atoms with van der Waals surface area (Å²) in [6, 6.07) is 3.15. The average molecular weight is 482 g/mol. The second kappa shape index (κ2) is 9.62. The lowest BCUT2D eigenvalue weighted by Crippen LogP contribution is -2.60. The van der Waals surface area contributed by atoms with Crippen LogP contribution in [0.25, 0.3) is 0 Å². The van der Waals surface area contributed by atoms with E-state index >= 15 is 0 Å². The molecule has 32 heavy (non-hydrogen) atoms. The van der Waals surface area contributed by atoms with Crippen LogP contribution >= 0.6 is 11.8 Å². The number of sulfonamides is 1. The zero-order valence-electron chi connectivity index (χ0n) is 19.4. The number of aryl methyl sites for hydroxylation is 3. The van der Waals surface area contributed by atoms with Gasteiger partial charge in [0.05, 0.1) is 18.1 Å². The van der Waals surface area contributed by atoms with E-state index in [1.54, 1.807) is 0 Å². The highest BCUT2D eigenvalue weighted by Crippen LogP contribution is 2.34. The minimum atomic E-state index is -3.74. The first-order chi connectivity index (χ1) is 15.2. The van der Waals surface area contributed by atoms with Crippen LogP contribution in [0.3, 0.4) is 0 Å². The number of morpholine rings is 1. The fraction of sp³-hybridized carbons (Fsp3) is 0.696. The SMILES string of the molecule is Cc1cc(C)c(S(=O)(=O)N2CCCC2C(=O)NCC2(N3CCOCC3)CCSC2)c(C)c1. The minimum Gasteiger partial charge on any atom is -0.379 e. The highest BCUT2D eigenvalue weighted by molar-refractivity contribution is 7.99. The van der Waals surface area contributed by atoms with Crippen LogP contribution in [0.2, 0.25) is 0 Å². The number of rotatable bonds is 6. The summed E-state index contributed by atoms with van der Waals surface area (Å²) >= 11 is 1.92. The molecule has 178 valence electrons. The molecule has 0 radical (unpaired) electrons. The summed E-state index contributed by atoms with van der Waals surface area (Å²) in [4.78, 5) is 16.1. The number of carbonyl (C=O) groups excluding carboxylic acids is 1. The molecule has 3 aliphatic rings. The predicted molar refractivity (Wildman–Crippen MR) is 128 cm³/mol. The second-order valence-electron chi connectivity index (χ2n) is 9.35. The number of carbonyl (C=O) groups is 1. The normalized spacial score (nSPS) is 27.7. The van der Waals surface area contributed by atoms with Gasteiger partial charge in [0, 0.05) is 37.5 Å². The number of thioether (sulfide) groups is 1. The maximum absolute atomic E-state index is 13.6. The third kappa shape index (κ3) is 4.59. The standard InChI is InChI=1S/C23H35N3O4S2/c1-17-13-18(2)21(19(3)14-17)32(28,29)26-7-4-5-20(26)22(27)24-15-23(6-12-31-16-23)25-8-10-30-11-9-25/h13-14,20H,4-12,15-16H2,1-3H3,(H,24,27). The summed E-state index contributed by atoms with van der Waals surface area (Å²) in [5.74, 6) is 1.91. The van der Waals surface area contributed by atoms with E-state index in [-0.39, 0.29) is 11.4 Å². The third-order valence-electron chi connectivity index (χ3n) is 7.03. The van der Waals surface area contributed by atoms with Crippen molar-refractivity contribution in [3.8, 4) is 0 Å². The van der Waals surface area contributed by atoms with E-state index in [0.717, 1.165) is 60.9 Å². The molecule has 9 heteroatoms. The monoisotopic (exact) mass is 481 g/mol. The van der Waals surface area contributed by atoms with Crippen LogP contribution in [0, 0.1) is 20.8 Å². The van der Waals surface area contributed by atoms with Gasteiger partial charge in [-0.15, -0.1) is 0 Å². The molecular formula is C23H35N3O4S2. The molecule has 1 N–H and O–H groups in total. The molecule has 3 saturated heterocycles. The van der Waals surface area contributed by atoms with E-state index in [2.05, 4.69) is 10.2 Å². The van der Waals surface area contributed by atoms with Crippen molar-refractivity contribution in [2.24, 2.45) is 0 Å². The number of amides is 1. The smallest absolute Gasteiger partial charge is 0.244 e. The van der Waals surface area contributed by atoms with Crippen molar-refractivity contribution in [3.05, 3.63) is 28.8 Å². The molecular weight excluding hydrogens is 446 g/mol. The van der Waals surface area contributed by atoms with Gasteiger partial charge in [-0.25, -0.2) is 8.42 Å². The molecule has 0 aliphatic carbocycles. The van der Waals surface area contributed by atoms with E-state index in [0.29, 0.717) is 30.8 Å². The van der Waals surface area contributed by atoms with Crippen molar-refractivity contribution in [2.75, 3.05) is 50.9 Å². The van der Waals surface area contributed by atoms with Gasteiger partial charge >= 0.3 is 0 Å². The summed E-state index contributed by atoms with van der Waals surface area (Å²) in [6.45, 7) is 9.80. The van der Waals surface area contributed by atoms with Crippen molar-refractivity contribution >= 4 is 27.7 Å². The zero-order valence-corrected chi connectivity index (χ0v) is 21.0. The third-order valence-corrected chi connectivity index (χ3v) is 10.5. The second-order valence-corrected chi connectivity index (χ2v) is 12.3. The molecule has 4 rings (SSSR count). The Morgan fingerprint density at radius 1 is 1.19 bits per heavy atom. The Kier molecular flexibility index (Phi) is 7.22. The van der Waals surface area contributed by atoms with Crippen LogP contribution in [-0.2, 0) is 19.6 Å². The highest BCUT2D eigenvalue weighted by Gasteiger charge is 2.44. The van der Waals surface area contributed by atoms with Crippen LogP contribution in [0.5, 0.6) is 0 Å². The van der Waals surface area contributed by atoms with E-state index in [4.69, 9.17) is 4.74 Å². The number of hydrogen-bond acceptors (Lipinski definition) is 6. The van der Waals surface area contributed by atoms with E-state index in [9.17, 15) is 13.2 Å². The van der Waals surface area contributed by atoms with Gasteiger partial charge in [-0.3, -0.25) is 9.69 Å². The molecule has 1 aromatic carbocycles. The van der Waals surface area contributed by atoms with Gasteiger partial charge < -0.3 is 10.1 Å². The minimum absolute atomic E-state index is 0.0590. The predicted octanol–water partition coefficient (Wildman–Crippen LogP) is 2.09. The van der Waals surface area contributed by atoms with Gasteiger partial charge in [-0.2, -0.15) is 16.1 Å². The van der Waals surface area contributed by atoms with Crippen LogP contribution in [-0.4, -0.2) is 86.0 Å². The summed E-state index contributed by atoms with van der Waals surface area (Å²) in [5, 5.41) is 3.16. The molecule has 2 unspecified atom stereocenters. The molecule has 3 aliphatic heterocycles. The number of nitrogens with one attached hydrogen (secondary N) is 1. The Morgan fingerprint density at radius 3 is 2.50 bits per heavy atom. The number of benzene rings is 1. The molecule has 0 saturated carbocycles. The summed E-state index contributed by atoms with van der Waals surface area (Å²) in [6.07, 6.45) is 2.30. The maximum atomic E-state index is 13.6. The van der Waals surface area contributed by atoms with Crippen LogP contribution in [0.15, 0.2) is 17.0 Å². The fourth-order valence-corrected chi connectivity index (χ4v) is 9.03. The van der Waals surface area contributed by atoms with E-state index in [1.807, 2.05) is 44.7 Å². The zero-order chi connectivity index (χ0) is 22.9. The van der Waals surface area contributed by atoms with Gasteiger partial charge in [0.25, 0.3) is 0 Å². The van der Waals surface area contributed by atoms with Crippen LogP contribution in [0.4, 0.5) is 0 Å². The molecule has 3 heterocycles. The Hall–Kier alpha value is -1.13. The lowest BCUT2D eigenvalue weighted by molar-refractivity contribution is -0.125. The molecule has 1 aromatic rings. The number of ether oxygens (including phenoxy) is 1. The van der Waals surface area contributed by atoms with Gasteiger partial charge in [-0.05, 0) is 56.9 Å². The lowest BCUT2D eigenvalue weighted by atomic mass is 9.95. The topological polar surface area (TPSA) is 79.0 Å². The Morgan fingerprint density at radius 2 is 1.88 bits per heavy atom. The summed E-state index contributed by atoms with van der Waals surface area (Å²) < 4.78 is 34.1. The Bertz CT molecular complexity index is 931. The first kappa shape index (κ1) is 24.0. The summed E-state index contributed by atoms with van der Waals surface area (Å²) in [7, 11) is -3.74. The van der Waals surface area contributed by atoms with Crippen molar-refractivity contribution in [3.63, 3.8) is 0 Å². The molecule has 0 aromatic heterocycles. The Balaban J connectivity index is 1.50. The summed E-state index contributed by atoms with van der Waals surface area (Å²) in [5.41, 5.74) is 2.46. The number of hydrogen-bond donors (Lipinski definition) is 1. The van der Waals surface area contributed by atoms with Gasteiger partial charge in [0.2, 0.25) is 15.9 Å². The quantitative estimate of drug-likeness (QED) is 0.670. The van der Waals surface area contributed by atoms with Gasteiger partial charge in [0.15, 0.2) is 0 Å². The van der Waals surface area contributed by atoms with Gasteiger partial charge in [-0.1, -0.05) is 17.7 Å². The molecule has 1 amide bonds. The highest BCUT2D eigenvalue weighted by atomic mass is 32.2. The average Bonchev–Trinajstić information content (AvgIpc) is 3.43. The van der Waals surface area contributed by atoms with Crippen LogP contribution < -0.4 is 5.32 Å². The van der Waals surface area contributed by atoms with Crippen molar-refractivity contribution in [2.45, 2.75) is 56.5 Å². The van der Waals surface area contributed by atoms with Crippen LogP contribution in [0.1, 0.15) is 36.0 Å². The van der Waals surface area contributed by atoms with Crippen molar-refractivity contribution in [1.82, 2.24) is 14.5 Å². The first-order valence-corrected chi connectivity index (χ1v) is 14.1. The Labute approximate surface area is 196 Å². The molecule has 0 bridgehead atoms. The molecule has 2 atom stereocenters. The van der Waals surface area contributed by atoms with E-state index < -0.39 is 16.1 Å². The fourth-order valence-electron chi connectivity index (χ4n) is 5.49. The first-order valence-electron chi connectivity index (χ1n) is 11.5. The lowest BCUT2D eigenvalue weighted by Gasteiger charge is -2.43. The van der Waals surface area contributed by atoms with Gasteiger partial charge in [0.1, 0.15) is 6.04 Å². The largest absolute Gasteiger partial charge is 0.379 e. The molecule has 0 spiro atoms. The molecule has 7 nitrogen and oxygen atoms in total. The number of nitrogens with zero attached hydrogens (tertiary/aromatic N) is 2. The van der Waals surface area contributed by atoms with E-state index in [1.165, 1.54) is 4.31 Å². The van der Waals surface area contributed by atoms with Crippen molar-refractivity contribution in [1.29, 1.82) is 0 Å². The molecule has 3 fully saturated rings.